The van der Waals surface area contributed by atoms with Gasteiger partial charge < -0.3 is 18.9 Å². The Morgan fingerprint density at radius 3 is 2.64 bits per heavy atom. The van der Waals surface area contributed by atoms with E-state index in [2.05, 4.69) is 16.1 Å². The number of ether oxygens (including phenoxy) is 4. The molecule has 0 radical (unpaired) electrons. The Labute approximate surface area is 143 Å². The van der Waals surface area contributed by atoms with Crippen LogP contribution in [0.4, 0.5) is 0 Å². The van der Waals surface area contributed by atoms with Crippen LogP contribution >= 0.6 is 0 Å². The number of hydrogen-bond acceptors (Lipinski definition) is 10. The summed E-state index contributed by atoms with van der Waals surface area (Å²) in [5, 5.41) is 0. The van der Waals surface area contributed by atoms with E-state index in [1.165, 1.54) is 0 Å². The lowest BCUT2D eigenvalue weighted by molar-refractivity contribution is -0.163. The molecule has 0 aromatic rings. The zero-order chi connectivity index (χ0) is 18.4. The highest BCUT2D eigenvalue weighted by molar-refractivity contribution is 7.88. The van der Waals surface area contributed by atoms with E-state index in [1.807, 2.05) is 0 Å². The molecule has 0 aliphatic carbocycles. The lowest BCUT2D eigenvalue weighted by atomic mass is 9.81. The number of fused-ring (bicyclic) bond motifs is 1. The molecule has 0 saturated carbocycles. The summed E-state index contributed by atoms with van der Waals surface area (Å²) in [5.41, 5.74) is 0. The van der Waals surface area contributed by atoms with Crippen LogP contribution < -0.4 is 0 Å². The normalized spacial score (nSPS) is 36.7. The van der Waals surface area contributed by atoms with Crippen molar-refractivity contribution in [2.75, 3.05) is 13.7 Å². The second-order valence-corrected chi connectivity index (χ2v) is 7.71. The molecule has 0 spiro atoms. The first-order chi connectivity index (χ1) is 11.7. The summed E-state index contributed by atoms with van der Waals surface area (Å²) < 4.78 is 48.2. The molecule has 0 amide bonds. The summed E-state index contributed by atoms with van der Waals surface area (Å²) in [5.74, 6) is -2.61. The van der Waals surface area contributed by atoms with Crippen LogP contribution in [0.1, 0.15) is 12.8 Å². The summed E-state index contributed by atoms with van der Waals surface area (Å²) in [7, 11) is -3.14. The molecule has 0 N–H and O–H groups in total. The predicted octanol–water partition coefficient (Wildman–Crippen LogP) is -1.17. The molecule has 25 heavy (non-hydrogen) atoms. The topological polar surface area (TPSA) is 132 Å². The van der Waals surface area contributed by atoms with Gasteiger partial charge in [-0.05, 0) is 0 Å². The van der Waals surface area contributed by atoms with E-state index in [4.69, 9.17) is 13.7 Å². The second-order valence-electron chi connectivity index (χ2n) is 5.85. The van der Waals surface area contributed by atoms with Crippen molar-refractivity contribution in [3.63, 3.8) is 0 Å². The Morgan fingerprint density at radius 1 is 1.28 bits per heavy atom. The van der Waals surface area contributed by atoms with Gasteiger partial charge in [-0.25, -0.2) is 9.59 Å². The average molecular weight is 376 g/mol. The molecule has 3 rings (SSSR count). The molecule has 0 aromatic carbocycles. The number of carbonyl (C=O) groups excluding carboxylic acids is 3. The first-order valence-electron chi connectivity index (χ1n) is 7.39. The molecule has 3 fully saturated rings. The number of esters is 3. The number of carbonyl (C=O) groups is 3. The maximum absolute atomic E-state index is 12.6. The van der Waals surface area contributed by atoms with Crippen molar-refractivity contribution in [3.8, 4) is 0 Å². The van der Waals surface area contributed by atoms with Crippen LogP contribution in [0, 0.1) is 0 Å². The molecular formula is C14H16O10S. The zero-order valence-electron chi connectivity index (χ0n) is 13.2. The summed E-state index contributed by atoms with van der Waals surface area (Å²) in [4.78, 5) is 34.7. The van der Waals surface area contributed by atoms with Crippen LogP contribution in [0.15, 0.2) is 12.7 Å². The van der Waals surface area contributed by atoms with Gasteiger partial charge in [0.1, 0.15) is 12.2 Å². The molecule has 2 bridgehead atoms. The molecule has 0 aromatic heterocycles. The first-order valence-corrected chi connectivity index (χ1v) is 8.79. The minimum absolute atomic E-state index is 0.206. The second kappa shape index (κ2) is 6.07. The van der Waals surface area contributed by atoms with Crippen molar-refractivity contribution in [2.45, 2.75) is 42.0 Å². The number of hydrogen-bond donors (Lipinski definition) is 0. The fourth-order valence-electron chi connectivity index (χ4n) is 3.54. The van der Waals surface area contributed by atoms with Gasteiger partial charge in [0.05, 0.1) is 19.6 Å². The van der Waals surface area contributed by atoms with Crippen molar-refractivity contribution >= 4 is 28.0 Å². The monoisotopic (exact) mass is 376 g/mol. The summed E-state index contributed by atoms with van der Waals surface area (Å²) in [6, 6.07) is 0. The predicted molar refractivity (Wildman–Crippen MR) is 77.5 cm³/mol. The summed E-state index contributed by atoms with van der Waals surface area (Å²) >= 11 is 0. The molecule has 3 saturated heterocycles. The first kappa shape index (κ1) is 17.8. The maximum atomic E-state index is 12.6. The van der Waals surface area contributed by atoms with Crippen LogP contribution in [-0.2, 0) is 47.6 Å². The van der Waals surface area contributed by atoms with Crippen molar-refractivity contribution in [3.05, 3.63) is 12.7 Å². The fourth-order valence-corrected chi connectivity index (χ4v) is 5.49. The van der Waals surface area contributed by atoms with Crippen LogP contribution in [0.5, 0.6) is 0 Å². The van der Waals surface area contributed by atoms with Gasteiger partial charge in [0.25, 0.3) is 10.1 Å². The van der Waals surface area contributed by atoms with E-state index in [1.54, 1.807) is 0 Å². The molecule has 3 aliphatic heterocycles. The summed E-state index contributed by atoms with van der Waals surface area (Å²) in [6.07, 6.45) is -3.17. The summed E-state index contributed by atoms with van der Waals surface area (Å²) in [6.45, 7) is 2.46. The molecule has 5 atom stereocenters. The largest absolute Gasteiger partial charge is 0.469 e. The van der Waals surface area contributed by atoms with Crippen LogP contribution in [0.2, 0.25) is 0 Å². The molecule has 11 heteroatoms. The van der Waals surface area contributed by atoms with Gasteiger partial charge in [0, 0.05) is 12.5 Å². The Hall–Kier alpha value is -1.98. The lowest BCUT2D eigenvalue weighted by Gasteiger charge is -2.32. The van der Waals surface area contributed by atoms with Crippen molar-refractivity contribution in [1.29, 1.82) is 0 Å². The van der Waals surface area contributed by atoms with Gasteiger partial charge in [-0.2, -0.15) is 8.42 Å². The van der Waals surface area contributed by atoms with Gasteiger partial charge in [0.15, 0.2) is 17.5 Å². The fraction of sp³-hybridized carbons (Fsp3) is 0.643. The highest BCUT2D eigenvalue weighted by atomic mass is 32.2. The van der Waals surface area contributed by atoms with Crippen molar-refractivity contribution in [2.24, 2.45) is 0 Å². The van der Waals surface area contributed by atoms with Gasteiger partial charge in [0.2, 0.25) is 0 Å². The van der Waals surface area contributed by atoms with Gasteiger partial charge in [-0.15, -0.1) is 0 Å². The third kappa shape index (κ3) is 2.62. The van der Waals surface area contributed by atoms with E-state index in [9.17, 15) is 22.8 Å². The highest BCUT2D eigenvalue weighted by Crippen LogP contribution is 2.56. The molecule has 10 nitrogen and oxygen atoms in total. The Morgan fingerprint density at radius 2 is 2.00 bits per heavy atom. The van der Waals surface area contributed by atoms with Crippen molar-refractivity contribution in [1.82, 2.24) is 0 Å². The minimum atomic E-state index is -4.26. The maximum Gasteiger partial charge on any atom is 0.344 e. The minimum Gasteiger partial charge on any atom is -0.469 e. The average Bonchev–Trinajstić information content (AvgIpc) is 3.13. The van der Waals surface area contributed by atoms with E-state index in [0.29, 0.717) is 0 Å². The smallest absolute Gasteiger partial charge is 0.344 e. The Kier molecular flexibility index (Phi) is 4.33. The highest BCUT2D eigenvalue weighted by Gasteiger charge is 2.78. The lowest BCUT2D eigenvalue weighted by Crippen LogP contribution is -2.57. The third-order valence-corrected chi connectivity index (χ3v) is 6.59. The SMILES string of the molecule is C=CC(=O)OCC(=O)OC1C2CC3OS(=O)(=O)C1(CC(=O)OC)C3O2. The quantitative estimate of drug-likeness (QED) is 0.242. The molecular weight excluding hydrogens is 360 g/mol. The van der Waals surface area contributed by atoms with E-state index >= 15 is 0 Å². The Bertz CT molecular complexity index is 728. The number of methoxy groups -OCH3 is 1. The van der Waals surface area contributed by atoms with Gasteiger partial charge in [-0.1, -0.05) is 6.58 Å². The van der Waals surface area contributed by atoms with Crippen LogP contribution in [0.25, 0.3) is 0 Å². The standard InChI is InChI=1S/C14H16O10S/c1-3-9(15)21-6-11(17)23-12-7-4-8-13(22-7)14(12,5-10(16)20-2)25(18,19)24-8/h3,7-8,12-13H,1,4-6H2,2H3. The van der Waals surface area contributed by atoms with E-state index in [-0.39, 0.29) is 6.42 Å². The number of rotatable bonds is 6. The molecule has 3 heterocycles. The zero-order valence-corrected chi connectivity index (χ0v) is 14.0. The molecule has 3 aliphatic rings. The molecule has 5 unspecified atom stereocenters. The van der Waals surface area contributed by atoms with E-state index in [0.717, 1.165) is 13.2 Å². The van der Waals surface area contributed by atoms with Crippen LogP contribution in [0.3, 0.4) is 0 Å². The van der Waals surface area contributed by atoms with Gasteiger partial charge >= 0.3 is 17.9 Å². The van der Waals surface area contributed by atoms with Crippen molar-refractivity contribution < 1.29 is 45.9 Å². The van der Waals surface area contributed by atoms with Gasteiger partial charge in [-0.3, -0.25) is 8.98 Å². The van der Waals surface area contributed by atoms with Crippen LogP contribution in [-0.4, -0.2) is 69.2 Å². The Balaban J connectivity index is 1.85. The molecule has 138 valence electrons. The third-order valence-electron chi connectivity index (χ3n) is 4.55. The van der Waals surface area contributed by atoms with E-state index < -0.39 is 70.2 Å².